The number of halogens is 1. The average molecular weight is 257 g/mol. The van der Waals surface area contributed by atoms with Crippen LogP contribution in [-0.2, 0) is 11.2 Å². The van der Waals surface area contributed by atoms with Gasteiger partial charge in [-0.3, -0.25) is 4.79 Å². The van der Waals surface area contributed by atoms with Crippen molar-refractivity contribution < 1.29 is 9.53 Å². The summed E-state index contributed by atoms with van der Waals surface area (Å²) < 4.78 is 5.43. The van der Waals surface area contributed by atoms with Crippen LogP contribution in [-0.4, -0.2) is 25.6 Å². The van der Waals surface area contributed by atoms with Crippen molar-refractivity contribution in [2.24, 2.45) is 5.73 Å². The number of hydrogen-bond acceptors (Lipinski definition) is 3. The molecule has 3 N–H and O–H groups in total. The number of ether oxygens (including phenoxy) is 1. The van der Waals surface area contributed by atoms with E-state index in [1.54, 1.807) is 18.2 Å². The molecule has 5 heteroatoms. The lowest BCUT2D eigenvalue weighted by Gasteiger charge is -2.12. The van der Waals surface area contributed by atoms with Gasteiger partial charge in [-0.25, -0.2) is 0 Å². The first-order chi connectivity index (χ1) is 8.19. The summed E-state index contributed by atoms with van der Waals surface area (Å²) in [6, 6.07) is 5.36. The summed E-state index contributed by atoms with van der Waals surface area (Å²) in [7, 11) is 0. The van der Waals surface area contributed by atoms with Crippen LogP contribution in [0.2, 0.25) is 5.02 Å². The molecule has 0 unspecified atom stereocenters. The number of benzene rings is 1. The molecule has 0 aliphatic rings. The predicted octanol–water partition coefficient (Wildman–Crippen LogP) is 1.36. The van der Waals surface area contributed by atoms with Crippen LogP contribution in [0.4, 0.5) is 0 Å². The first kappa shape index (κ1) is 13.8. The molecule has 0 atom stereocenters. The third-order valence-corrected chi connectivity index (χ3v) is 2.56. The van der Waals surface area contributed by atoms with E-state index in [0.29, 0.717) is 30.3 Å². The van der Waals surface area contributed by atoms with E-state index < -0.39 is 0 Å². The molecule has 0 saturated carbocycles. The number of carbonyl (C=O) groups excluding carboxylic acids is 1. The van der Waals surface area contributed by atoms with Crippen molar-refractivity contribution in [2.45, 2.75) is 13.3 Å². The summed E-state index contributed by atoms with van der Waals surface area (Å²) >= 11 is 6.05. The van der Waals surface area contributed by atoms with Gasteiger partial charge in [0.1, 0.15) is 5.75 Å². The van der Waals surface area contributed by atoms with Gasteiger partial charge in [-0.15, -0.1) is 0 Å². The molecular weight excluding hydrogens is 240 g/mol. The molecule has 0 spiro atoms. The Morgan fingerprint density at radius 1 is 1.53 bits per heavy atom. The highest BCUT2D eigenvalue weighted by Gasteiger charge is 2.09. The SMILES string of the molecule is CCNC(=O)COc1cccc(Cl)c1CCN. The Bertz CT molecular complexity index is 383. The molecule has 94 valence electrons. The van der Waals surface area contributed by atoms with E-state index in [4.69, 9.17) is 22.1 Å². The molecule has 17 heavy (non-hydrogen) atoms. The van der Waals surface area contributed by atoms with Crippen LogP contribution in [0.25, 0.3) is 0 Å². The normalized spacial score (nSPS) is 10.1. The van der Waals surface area contributed by atoms with Crippen LogP contribution < -0.4 is 15.8 Å². The molecule has 0 radical (unpaired) electrons. The highest BCUT2D eigenvalue weighted by Crippen LogP contribution is 2.26. The maximum absolute atomic E-state index is 11.3. The van der Waals surface area contributed by atoms with E-state index in [0.717, 1.165) is 5.56 Å². The zero-order valence-corrected chi connectivity index (χ0v) is 10.6. The van der Waals surface area contributed by atoms with Crippen LogP contribution >= 0.6 is 11.6 Å². The first-order valence-electron chi connectivity index (χ1n) is 5.56. The number of amides is 1. The molecule has 0 bridgehead atoms. The quantitative estimate of drug-likeness (QED) is 0.808. The van der Waals surface area contributed by atoms with Gasteiger partial charge in [0.2, 0.25) is 0 Å². The maximum atomic E-state index is 11.3. The lowest BCUT2D eigenvalue weighted by atomic mass is 10.1. The fourth-order valence-corrected chi connectivity index (χ4v) is 1.71. The predicted molar refractivity (Wildman–Crippen MR) is 68.4 cm³/mol. The highest BCUT2D eigenvalue weighted by molar-refractivity contribution is 6.31. The highest BCUT2D eigenvalue weighted by atomic mass is 35.5. The van der Waals surface area contributed by atoms with Gasteiger partial charge < -0.3 is 15.8 Å². The topological polar surface area (TPSA) is 64.3 Å². The number of hydrogen-bond donors (Lipinski definition) is 2. The summed E-state index contributed by atoms with van der Waals surface area (Å²) in [6.45, 7) is 2.93. The summed E-state index contributed by atoms with van der Waals surface area (Å²) in [6.07, 6.45) is 0.629. The van der Waals surface area contributed by atoms with E-state index in [2.05, 4.69) is 5.32 Å². The van der Waals surface area contributed by atoms with Gasteiger partial charge in [0.05, 0.1) is 0 Å². The number of carbonyl (C=O) groups is 1. The molecule has 0 aromatic heterocycles. The van der Waals surface area contributed by atoms with E-state index in [1.807, 2.05) is 6.92 Å². The molecule has 1 amide bonds. The van der Waals surface area contributed by atoms with Gasteiger partial charge in [0, 0.05) is 17.1 Å². The van der Waals surface area contributed by atoms with E-state index >= 15 is 0 Å². The van der Waals surface area contributed by atoms with Crippen molar-refractivity contribution in [3.63, 3.8) is 0 Å². The van der Waals surface area contributed by atoms with Gasteiger partial charge in [0.25, 0.3) is 5.91 Å². The maximum Gasteiger partial charge on any atom is 0.257 e. The number of rotatable bonds is 6. The minimum Gasteiger partial charge on any atom is -0.483 e. The van der Waals surface area contributed by atoms with Crippen LogP contribution in [0.3, 0.4) is 0 Å². The van der Waals surface area contributed by atoms with Crippen molar-refractivity contribution in [3.8, 4) is 5.75 Å². The third-order valence-electron chi connectivity index (χ3n) is 2.20. The second-order valence-electron chi connectivity index (χ2n) is 3.50. The van der Waals surface area contributed by atoms with Gasteiger partial charge in [-0.2, -0.15) is 0 Å². The Hall–Kier alpha value is -1.26. The summed E-state index contributed by atoms with van der Waals surface area (Å²) in [5.74, 6) is 0.473. The summed E-state index contributed by atoms with van der Waals surface area (Å²) in [5, 5.41) is 3.27. The summed E-state index contributed by atoms with van der Waals surface area (Å²) in [5.41, 5.74) is 6.36. The van der Waals surface area contributed by atoms with Crippen LogP contribution in [0.5, 0.6) is 5.75 Å². The van der Waals surface area contributed by atoms with Crippen molar-refractivity contribution in [1.82, 2.24) is 5.32 Å². The van der Waals surface area contributed by atoms with E-state index in [9.17, 15) is 4.79 Å². The molecular formula is C12H17ClN2O2. The minimum absolute atomic E-state index is 0.00818. The number of nitrogens with two attached hydrogens (primary N) is 1. The average Bonchev–Trinajstić information content (AvgIpc) is 2.30. The zero-order valence-electron chi connectivity index (χ0n) is 9.83. The minimum atomic E-state index is -0.147. The molecule has 1 rings (SSSR count). The van der Waals surface area contributed by atoms with E-state index in [1.165, 1.54) is 0 Å². The molecule has 0 fully saturated rings. The van der Waals surface area contributed by atoms with Gasteiger partial charge in [-0.1, -0.05) is 17.7 Å². The Kier molecular flexibility index (Phi) is 5.80. The van der Waals surface area contributed by atoms with Crippen LogP contribution in [0, 0.1) is 0 Å². The fourth-order valence-electron chi connectivity index (χ4n) is 1.45. The second kappa shape index (κ2) is 7.14. The Morgan fingerprint density at radius 2 is 2.29 bits per heavy atom. The molecule has 0 aliphatic heterocycles. The Balaban J connectivity index is 2.69. The summed E-state index contributed by atoms with van der Waals surface area (Å²) in [4.78, 5) is 11.3. The largest absolute Gasteiger partial charge is 0.483 e. The lowest BCUT2D eigenvalue weighted by Crippen LogP contribution is -2.28. The molecule has 0 saturated heterocycles. The molecule has 0 aliphatic carbocycles. The lowest BCUT2D eigenvalue weighted by molar-refractivity contribution is -0.122. The van der Waals surface area contributed by atoms with Gasteiger partial charge in [0.15, 0.2) is 6.61 Å². The molecule has 1 aromatic rings. The Morgan fingerprint density at radius 3 is 2.94 bits per heavy atom. The molecule has 4 nitrogen and oxygen atoms in total. The number of nitrogens with one attached hydrogen (secondary N) is 1. The van der Waals surface area contributed by atoms with Crippen molar-refractivity contribution in [1.29, 1.82) is 0 Å². The molecule has 1 aromatic carbocycles. The standard InChI is InChI=1S/C12H17ClN2O2/c1-2-15-12(16)8-17-11-5-3-4-10(13)9(11)6-7-14/h3-5H,2,6-8,14H2,1H3,(H,15,16). The Labute approximate surface area is 106 Å². The van der Waals surface area contributed by atoms with Crippen LogP contribution in [0.1, 0.15) is 12.5 Å². The van der Waals surface area contributed by atoms with Crippen molar-refractivity contribution in [2.75, 3.05) is 19.7 Å². The second-order valence-corrected chi connectivity index (χ2v) is 3.90. The fraction of sp³-hybridized carbons (Fsp3) is 0.417. The molecule has 0 heterocycles. The third kappa shape index (κ3) is 4.24. The van der Waals surface area contributed by atoms with E-state index in [-0.39, 0.29) is 12.5 Å². The van der Waals surface area contributed by atoms with Crippen LogP contribution in [0.15, 0.2) is 18.2 Å². The van der Waals surface area contributed by atoms with Gasteiger partial charge >= 0.3 is 0 Å². The van der Waals surface area contributed by atoms with Crippen molar-refractivity contribution >= 4 is 17.5 Å². The monoisotopic (exact) mass is 256 g/mol. The van der Waals surface area contributed by atoms with Gasteiger partial charge in [-0.05, 0) is 32.0 Å². The zero-order chi connectivity index (χ0) is 12.7. The smallest absolute Gasteiger partial charge is 0.257 e. The first-order valence-corrected chi connectivity index (χ1v) is 5.93. The number of likely N-dealkylation sites (N-methyl/N-ethyl adjacent to an activating group) is 1. The van der Waals surface area contributed by atoms with Crippen molar-refractivity contribution in [3.05, 3.63) is 28.8 Å².